The van der Waals surface area contributed by atoms with Crippen LogP contribution in [0.2, 0.25) is 0 Å². The van der Waals surface area contributed by atoms with E-state index in [2.05, 4.69) is 4.90 Å². The molecule has 0 aromatic heterocycles. The number of anilines is 1. The maximum atomic E-state index is 11.9. The van der Waals surface area contributed by atoms with Crippen molar-refractivity contribution >= 4 is 43.3 Å². The van der Waals surface area contributed by atoms with Gasteiger partial charge in [-0.15, -0.1) is 0 Å². The number of unbranched alkanes of at least 4 members (excludes halogenated alkanes) is 2. The van der Waals surface area contributed by atoms with E-state index in [1.807, 2.05) is 69.7 Å². The zero-order valence-corrected chi connectivity index (χ0v) is 31.2. The van der Waals surface area contributed by atoms with Crippen molar-refractivity contribution in [1.29, 1.82) is 0 Å². The minimum atomic E-state index is -4.58. The Kier molecular flexibility index (Phi) is 11.7. The Hall–Kier alpha value is -1.94. The smallest absolute Gasteiger partial charge is 0.744 e. The van der Waals surface area contributed by atoms with Gasteiger partial charge in [0.25, 0.3) is 10.1 Å². The maximum absolute atomic E-state index is 11.9. The zero-order valence-electron chi connectivity index (χ0n) is 26.4. The van der Waals surface area contributed by atoms with E-state index in [1.165, 1.54) is 24.3 Å². The van der Waals surface area contributed by atoms with Crippen LogP contribution in [0.25, 0.3) is 0 Å². The van der Waals surface area contributed by atoms with Crippen LogP contribution in [-0.2, 0) is 35.9 Å². The van der Waals surface area contributed by atoms with Gasteiger partial charge >= 0.3 is 57.4 Å². The molecule has 4 rings (SSSR count). The molecule has 0 fully saturated rings. The van der Waals surface area contributed by atoms with E-state index in [4.69, 9.17) is 5.11 Å². The van der Waals surface area contributed by atoms with Crippen molar-refractivity contribution in [3.05, 3.63) is 83.6 Å². The van der Waals surface area contributed by atoms with Gasteiger partial charge in [-0.1, -0.05) is 38.5 Å². The first-order valence-electron chi connectivity index (χ1n) is 14.3. The van der Waals surface area contributed by atoms with Crippen LogP contribution in [0.4, 0.5) is 11.4 Å². The van der Waals surface area contributed by atoms with Gasteiger partial charge in [0.1, 0.15) is 17.2 Å². The van der Waals surface area contributed by atoms with E-state index in [0.29, 0.717) is 13.0 Å². The van der Waals surface area contributed by atoms with Gasteiger partial charge in [0.2, 0.25) is 5.69 Å². The van der Waals surface area contributed by atoms with Gasteiger partial charge in [0.05, 0.1) is 15.2 Å². The third-order valence-electron chi connectivity index (χ3n) is 8.46. The Balaban J connectivity index is 0.00000552. The van der Waals surface area contributed by atoms with Gasteiger partial charge < -0.3 is 14.6 Å². The molecular formula is C32H38KN2O8S2+. The van der Waals surface area contributed by atoms with Crippen LogP contribution >= 0.6 is 0 Å². The molecular weight excluding hydrogens is 644 g/mol. The molecule has 2 heterocycles. The maximum Gasteiger partial charge on any atom is 1.00 e. The van der Waals surface area contributed by atoms with Crippen molar-refractivity contribution in [3.63, 3.8) is 0 Å². The minimum absolute atomic E-state index is 0. The normalized spacial score (nSPS) is 18.1. The molecule has 0 unspecified atom stereocenters. The number of rotatable bonds is 11. The first-order chi connectivity index (χ1) is 20.4. The Bertz CT molecular complexity index is 1840. The van der Waals surface area contributed by atoms with Crippen LogP contribution in [0, 0.1) is 0 Å². The largest absolute Gasteiger partial charge is 1.00 e. The summed E-state index contributed by atoms with van der Waals surface area (Å²) in [6, 6.07) is 8.99. The van der Waals surface area contributed by atoms with E-state index in [0.717, 1.165) is 46.8 Å². The molecule has 0 amide bonds. The second-order valence-electron chi connectivity index (χ2n) is 12.1. The van der Waals surface area contributed by atoms with Crippen molar-refractivity contribution in [2.24, 2.45) is 0 Å². The number of aliphatic carboxylic acids is 1. The molecule has 0 saturated heterocycles. The SMILES string of the molecule is C[N+]1=C(C=CC=CC=C2N(CCCCCC(=O)O)c3ccc(S(=O)(=O)O)cc3C2(C)C)C(C)(C)c2cc(S(=O)(=O)[O-])ccc21.[K+]. The Morgan fingerprint density at radius 3 is 2.18 bits per heavy atom. The van der Waals surface area contributed by atoms with Crippen molar-refractivity contribution in [3.8, 4) is 0 Å². The number of hydrogen-bond acceptors (Lipinski definition) is 7. The Labute approximate surface area is 308 Å². The summed E-state index contributed by atoms with van der Waals surface area (Å²) in [4.78, 5) is 12.6. The summed E-state index contributed by atoms with van der Waals surface area (Å²) in [5, 5.41) is 8.96. The van der Waals surface area contributed by atoms with Crippen molar-refractivity contribution < 1.29 is 91.8 Å². The van der Waals surface area contributed by atoms with Crippen molar-refractivity contribution in [2.75, 3.05) is 18.5 Å². The molecule has 236 valence electrons. The van der Waals surface area contributed by atoms with E-state index in [-0.39, 0.29) is 67.6 Å². The summed E-state index contributed by atoms with van der Waals surface area (Å²) in [5.41, 5.74) is 3.86. The number of allylic oxidation sites excluding steroid dienone is 6. The van der Waals surface area contributed by atoms with Gasteiger partial charge in [-0.2, -0.15) is 13.0 Å². The molecule has 2 aliphatic heterocycles. The standard InChI is InChI=1S/C32H38N2O8S2.K/c1-31(2)24-20-22(43(37,38)39)15-17-26(24)33(5)28(31)12-8-6-9-13-29-32(3,4)25-21-23(44(40,41)42)16-18-27(25)34(29)19-11-7-10-14-30(35)36;/h6,8-9,12-13,15-18,20-21H,7,10-11,14,19H2,1-5H3,(H2-,35,36,37,38,39,40,41,42);/q;+1. The number of nitrogens with zero attached hydrogens (tertiary/aromatic N) is 2. The summed E-state index contributed by atoms with van der Waals surface area (Å²) in [6.07, 6.45) is 11.7. The molecule has 0 bridgehead atoms. The third kappa shape index (κ3) is 7.96. The summed E-state index contributed by atoms with van der Waals surface area (Å²) in [5.74, 6) is -0.830. The number of carbonyl (C=O) groups is 1. The van der Waals surface area contributed by atoms with Crippen LogP contribution in [0.3, 0.4) is 0 Å². The number of carboxylic acids is 1. The average Bonchev–Trinajstić information content (AvgIpc) is 3.25. The van der Waals surface area contributed by atoms with Crippen molar-refractivity contribution in [2.45, 2.75) is 74.0 Å². The van der Waals surface area contributed by atoms with Crippen LogP contribution in [0.15, 0.2) is 82.3 Å². The third-order valence-corrected chi connectivity index (χ3v) is 10.1. The predicted octanol–water partition coefficient (Wildman–Crippen LogP) is 2.29. The molecule has 45 heavy (non-hydrogen) atoms. The molecule has 2 aromatic carbocycles. The fraction of sp³-hybridized carbons (Fsp3) is 0.375. The molecule has 2 aliphatic rings. The van der Waals surface area contributed by atoms with Crippen LogP contribution in [-0.4, -0.2) is 60.9 Å². The Morgan fingerprint density at radius 2 is 1.56 bits per heavy atom. The van der Waals surface area contributed by atoms with E-state index < -0.39 is 37.0 Å². The topological polar surface area (TPSA) is 155 Å². The quantitative estimate of drug-likeness (QED) is 0.120. The van der Waals surface area contributed by atoms with Gasteiger partial charge in [-0.05, 0) is 68.7 Å². The minimum Gasteiger partial charge on any atom is -0.744 e. The number of hydrogen-bond donors (Lipinski definition) is 2. The molecule has 2 N–H and O–H groups in total. The fourth-order valence-electron chi connectivity index (χ4n) is 6.11. The zero-order chi connectivity index (χ0) is 32.7. The first-order valence-corrected chi connectivity index (χ1v) is 17.1. The number of fused-ring (bicyclic) bond motifs is 2. The molecule has 0 spiro atoms. The Morgan fingerprint density at radius 1 is 0.911 bits per heavy atom. The molecule has 10 nitrogen and oxygen atoms in total. The summed E-state index contributed by atoms with van der Waals surface area (Å²) in [7, 11) is -7.08. The van der Waals surface area contributed by atoms with Crippen molar-refractivity contribution in [1.82, 2.24) is 0 Å². The number of carboxylic acid groups (broad SMARTS) is 1. The van der Waals surface area contributed by atoms with Crippen LogP contribution in [0.5, 0.6) is 0 Å². The average molecular weight is 682 g/mol. The van der Waals surface area contributed by atoms with E-state index in [9.17, 15) is 30.7 Å². The van der Waals surface area contributed by atoms with Gasteiger partial charge in [-0.25, -0.2) is 8.42 Å². The molecule has 0 radical (unpaired) electrons. The second kappa shape index (κ2) is 14.0. The molecule has 0 atom stereocenters. The molecule has 0 saturated carbocycles. The summed E-state index contributed by atoms with van der Waals surface area (Å²) in [6.45, 7) is 8.51. The van der Waals surface area contributed by atoms with Gasteiger partial charge in [0, 0.05) is 47.5 Å². The predicted molar refractivity (Wildman–Crippen MR) is 167 cm³/mol. The van der Waals surface area contributed by atoms with Gasteiger partial charge in [-0.3, -0.25) is 9.35 Å². The van der Waals surface area contributed by atoms with Crippen LogP contribution < -0.4 is 56.3 Å². The second-order valence-corrected chi connectivity index (χ2v) is 14.9. The molecule has 0 aliphatic carbocycles. The van der Waals surface area contributed by atoms with Crippen LogP contribution in [0.1, 0.15) is 64.5 Å². The van der Waals surface area contributed by atoms with Gasteiger partial charge in [0.15, 0.2) is 5.71 Å². The summed E-state index contributed by atoms with van der Waals surface area (Å²) >= 11 is 0. The molecule has 13 heteroatoms. The first kappa shape index (κ1) is 37.5. The fourth-order valence-corrected chi connectivity index (χ4v) is 7.11. The van der Waals surface area contributed by atoms with E-state index in [1.54, 1.807) is 12.1 Å². The summed E-state index contributed by atoms with van der Waals surface area (Å²) < 4.78 is 70.2. The molecule has 2 aromatic rings. The van der Waals surface area contributed by atoms with E-state index >= 15 is 0 Å². The monoisotopic (exact) mass is 681 g/mol. The number of benzene rings is 2.